The zero-order chi connectivity index (χ0) is 98.8. The zero-order valence-electron chi connectivity index (χ0n) is 74.2. The van der Waals surface area contributed by atoms with Crippen LogP contribution >= 0.6 is 11.8 Å². The Morgan fingerprint density at radius 1 is 0.432 bits per heavy atom. The summed E-state index contributed by atoms with van der Waals surface area (Å²) in [6, 6.07) is -4.97. The predicted molar refractivity (Wildman–Crippen MR) is 468 cm³/mol. The molecule has 26 N–H and O–H groups in total. The maximum atomic E-state index is 14.7. The fourth-order valence-corrected chi connectivity index (χ4v) is 13.7. The monoisotopic (exact) mass is 1880 g/mol. The third-order valence-electron chi connectivity index (χ3n) is 20.4. The summed E-state index contributed by atoms with van der Waals surface area (Å²) in [5.41, 5.74) is 6.48. The predicted octanol–water partition coefficient (Wildman–Crippen LogP) is -6.91. The first-order chi connectivity index (χ1) is 62.3. The number of likely N-dealkylation sites (N-methyl/N-ethyl adjacent to an activating group) is 1. The van der Waals surface area contributed by atoms with Gasteiger partial charge in [0, 0.05) is 51.9 Å². The number of carbonyl (C=O) groups excluding carboxylic acids is 17. The normalized spacial score (nSPS) is 15.4. The van der Waals surface area contributed by atoms with E-state index in [1.807, 2.05) is 0 Å². The molecule has 0 saturated carbocycles. The smallest absolute Gasteiger partial charge is 0.327 e. The molecule has 0 spiro atoms. The number of hydrogen-bond donors (Lipinski definition) is 25. The van der Waals surface area contributed by atoms with Crippen LogP contribution in [0.2, 0.25) is 0 Å². The summed E-state index contributed by atoms with van der Waals surface area (Å²) in [7, 11) is 1.43. The van der Waals surface area contributed by atoms with E-state index in [0.717, 1.165) is 30.5 Å². The number of carboxylic acids is 3. The molecule has 4 rings (SSSR count). The highest BCUT2D eigenvalue weighted by Crippen LogP contribution is 2.19. The molecule has 1 aliphatic heterocycles. The molecule has 18 amide bonds. The maximum Gasteiger partial charge on any atom is 0.327 e. The number of nitrogens with two attached hydrogens (primary N) is 1. The molecule has 0 aliphatic carbocycles. The van der Waals surface area contributed by atoms with Crippen LogP contribution in [0.1, 0.15) is 123 Å². The molecule has 48 heteroatoms. The van der Waals surface area contributed by atoms with E-state index in [9.17, 15) is 142 Å². The number of unbranched alkanes of at least 4 members (excludes halogenated alkanes) is 1. The third kappa shape index (κ3) is 39.2. The van der Waals surface area contributed by atoms with E-state index in [0.29, 0.717) is 36.9 Å². The molecular weight excluding hydrogens is 1760 g/mol. The lowest BCUT2D eigenvalue weighted by Crippen LogP contribution is -2.63. The highest BCUT2D eigenvalue weighted by atomic mass is 32.2. The van der Waals surface area contributed by atoms with E-state index in [-0.39, 0.29) is 67.6 Å². The van der Waals surface area contributed by atoms with Gasteiger partial charge in [0.2, 0.25) is 94.5 Å². The number of carboxylic acid groups (broad SMARTS) is 3. The number of phenolic OH excluding ortho intramolecular Hbond substituents is 2. The Kier molecular flexibility index (Phi) is 47.5. The number of aromatic hydroxyl groups is 2. The molecule has 0 unspecified atom stereocenters. The fourth-order valence-electron chi connectivity index (χ4n) is 13.0. The second-order valence-corrected chi connectivity index (χ2v) is 33.0. The molecule has 1 heterocycles. The molecule has 3 aromatic carbocycles. The molecule has 1 fully saturated rings. The minimum Gasteiger partial charge on any atom is -0.508 e. The van der Waals surface area contributed by atoms with Gasteiger partial charge >= 0.3 is 23.9 Å². The van der Waals surface area contributed by atoms with Gasteiger partial charge in [-0.1, -0.05) is 95.1 Å². The first-order valence-corrected chi connectivity index (χ1v) is 43.6. The van der Waals surface area contributed by atoms with E-state index in [1.165, 1.54) is 79.5 Å². The number of benzene rings is 3. The molecule has 47 nitrogen and oxygen atoms in total. The lowest BCUT2D eigenvalue weighted by atomic mass is 9.96. The number of hydrogen-bond acceptors (Lipinski definition) is 28. The quantitative estimate of drug-likeness (QED) is 0.0184. The molecule has 16 atom stereocenters. The average Bonchev–Trinajstić information content (AvgIpc) is 1.30. The van der Waals surface area contributed by atoms with Gasteiger partial charge in [0.05, 0.1) is 56.3 Å². The van der Waals surface area contributed by atoms with Crippen LogP contribution in [0.5, 0.6) is 11.5 Å². The van der Waals surface area contributed by atoms with Gasteiger partial charge in [0.15, 0.2) is 0 Å². The number of nitrogens with zero attached hydrogens (tertiary/aromatic N) is 2. The largest absolute Gasteiger partial charge is 0.508 e. The van der Waals surface area contributed by atoms with Crippen LogP contribution in [0.15, 0.2) is 78.9 Å². The van der Waals surface area contributed by atoms with Crippen LogP contribution in [-0.2, 0) is 110 Å². The lowest BCUT2D eigenvalue weighted by Gasteiger charge is -2.30. The van der Waals surface area contributed by atoms with Crippen LogP contribution in [0.4, 0.5) is 4.79 Å². The highest BCUT2D eigenvalue weighted by Gasteiger charge is 2.41. The lowest BCUT2D eigenvalue weighted by molar-refractivity contribution is -0.142. The number of nitrogens with one attached hydrogen (secondary N) is 15. The van der Waals surface area contributed by atoms with E-state index < -0.39 is 279 Å². The zero-order valence-corrected chi connectivity index (χ0v) is 75.1. The van der Waals surface area contributed by atoms with Crippen molar-refractivity contribution in [2.24, 2.45) is 17.6 Å². The number of urea groups is 1. The molecular formula is C84H122N18O29S. The van der Waals surface area contributed by atoms with Crippen LogP contribution in [0.25, 0.3) is 0 Å². The van der Waals surface area contributed by atoms with Crippen LogP contribution in [0, 0.1) is 11.8 Å². The van der Waals surface area contributed by atoms with Gasteiger partial charge in [-0.15, -0.1) is 11.8 Å². The van der Waals surface area contributed by atoms with Crippen molar-refractivity contribution in [1.82, 2.24) is 89.6 Å². The Balaban J connectivity index is 1.52. The number of rotatable bonds is 59. The fraction of sp³-hybridized carbons (Fsp3) is 0.548. The van der Waals surface area contributed by atoms with Gasteiger partial charge in [-0.2, -0.15) is 0 Å². The molecule has 0 aromatic heterocycles. The number of thioether (sulfide) groups is 1. The molecule has 0 bridgehead atoms. The van der Waals surface area contributed by atoms with Crippen molar-refractivity contribution in [2.45, 2.75) is 216 Å². The van der Waals surface area contributed by atoms with Gasteiger partial charge in [-0.25, -0.2) is 4.79 Å². The van der Waals surface area contributed by atoms with E-state index in [2.05, 4.69) is 79.8 Å². The minimum atomic E-state index is -2.23. The van der Waals surface area contributed by atoms with Crippen LogP contribution in [-0.4, -0.2) is 329 Å². The Labute approximate surface area is 763 Å². The first kappa shape index (κ1) is 111. The number of aliphatic hydroxyl groups excluding tert-OH is 4. The van der Waals surface area contributed by atoms with Gasteiger partial charge in [0.1, 0.15) is 90.5 Å². The van der Waals surface area contributed by atoms with E-state index >= 15 is 0 Å². The number of aliphatic hydroxyl groups is 4. The van der Waals surface area contributed by atoms with Crippen LogP contribution < -0.4 is 85.5 Å². The van der Waals surface area contributed by atoms with Gasteiger partial charge in [-0.05, 0) is 106 Å². The van der Waals surface area contributed by atoms with Gasteiger partial charge in [-0.3, -0.25) is 96.0 Å². The maximum absolute atomic E-state index is 14.7. The van der Waals surface area contributed by atoms with Crippen molar-refractivity contribution >= 4 is 130 Å². The summed E-state index contributed by atoms with van der Waals surface area (Å²) < 4.78 is 0. The molecule has 1 aliphatic rings. The third-order valence-corrected chi connectivity index (χ3v) is 21.4. The van der Waals surface area contributed by atoms with Crippen molar-refractivity contribution < 1.29 is 142 Å². The van der Waals surface area contributed by atoms with Gasteiger partial charge in [0.25, 0.3) is 0 Å². The Morgan fingerprint density at radius 3 is 1.30 bits per heavy atom. The minimum absolute atomic E-state index is 0.0814. The van der Waals surface area contributed by atoms with Crippen molar-refractivity contribution in [1.29, 1.82) is 0 Å². The molecule has 1 saturated heterocycles. The second-order valence-electron chi connectivity index (χ2n) is 32.0. The van der Waals surface area contributed by atoms with Crippen molar-refractivity contribution in [3.8, 4) is 11.5 Å². The van der Waals surface area contributed by atoms with Crippen molar-refractivity contribution in [3.05, 3.63) is 95.6 Å². The Bertz CT molecular complexity index is 4480. The average molecular weight is 1880 g/mol. The summed E-state index contributed by atoms with van der Waals surface area (Å²) in [6.45, 7) is 6.81. The number of phenols is 2. The first-order valence-electron chi connectivity index (χ1n) is 42.4. The summed E-state index contributed by atoms with van der Waals surface area (Å²) in [6.07, 6.45) is -6.47. The molecule has 0 radical (unpaired) electrons. The molecule has 3 aromatic rings. The summed E-state index contributed by atoms with van der Waals surface area (Å²) >= 11 is 0.788. The summed E-state index contributed by atoms with van der Waals surface area (Å²) in [5.74, 6) is -24.3. The second kappa shape index (κ2) is 56.4. The van der Waals surface area contributed by atoms with Crippen molar-refractivity contribution in [3.63, 3.8) is 0 Å². The Hall–Kier alpha value is -13.2. The SMILES string of the molecule is CC[C@H](C)[C@H](NC(=O)[C@H](CO)NC(=O)[C@H](Cc1ccc(O)cc1)NC(=O)[C@H](CC(=O)O)NC(=O)[C@H](CO)NC(=O)[C@@H](NC(=O)[C@H](Cc1ccccc1)NC(=O)[C@@H](NC(=O)CNC(=O)[C@H](CCC(=O)O)NC(=O)CSCC(=O)NCCN1C(=O)CN(C)C1=O)[C@@H](C)O)[C@@H](C)O)C(=O)N[C@@H](Cc1ccc(O)cc1)C(=O)N[C@@H](CC(C)C)C(=O)N[C@@H](CC(=O)O)C(=O)N[C@H](C)CCCCN. The highest BCUT2D eigenvalue weighted by molar-refractivity contribution is 8.00. The Morgan fingerprint density at radius 2 is 0.841 bits per heavy atom. The van der Waals surface area contributed by atoms with E-state index in [1.54, 1.807) is 45.9 Å². The van der Waals surface area contributed by atoms with Crippen molar-refractivity contribution in [2.75, 3.05) is 64.5 Å². The topological polar surface area (TPSA) is 736 Å². The van der Waals surface area contributed by atoms with Gasteiger partial charge < -0.3 is 136 Å². The standard InChI is InChI=1S/C84H122N18O29S/c1-9-44(4)69(81(128)94-56(34-50-20-24-52(108)25-21-50)75(122)90-54(31-43(2)3)74(121)92-58(35-67(115)116)73(120)88-45(5)15-13-14-28-85)99-80(127)61(40-104)96-76(123)55(33-49-18-22-51(107)23-19-49)91-77(124)59(36-68(117)118)93-79(126)60(39-103)97-83(130)71(47(7)106)100-78(125)57(32-48-16-11-10-12-17-48)95-82(129)70(46(6)105)98-62(109)37-87-72(119)53(26-27-66(113)114)89-64(111)42-132-41-63(110)86-29-30-102-65(112)38-101(8)84(102)131/h10-12,16-25,43-47,53-61,69-71,103-108H,9,13-15,26-42,85H2,1-8H3,(H,86,110)(H,87,119)(H,88,120)(H,89,111)(H,90,122)(H,91,124)(H,92,121)(H,93,126)(H,94,128)(H,95,129)(H,96,123)(H,97,130)(H,98,109)(H,99,127)(H,100,125)(H,113,114)(H,115,116)(H,117,118)/t44-,45+,46+,47+,53-,54-,55-,56-,57-,58-,59-,60-,61-,69-,70-,71-/m0/s1. The summed E-state index contributed by atoms with van der Waals surface area (Å²) in [5, 5.41) is 128. The molecule has 132 heavy (non-hydrogen) atoms. The number of amides is 18. The van der Waals surface area contributed by atoms with E-state index in [4.69, 9.17) is 5.73 Å². The molecule has 728 valence electrons. The van der Waals surface area contributed by atoms with Crippen LogP contribution in [0.3, 0.4) is 0 Å². The summed E-state index contributed by atoms with van der Waals surface area (Å²) in [4.78, 5) is 271. The number of carbonyl (C=O) groups is 20. The number of imide groups is 1. The number of aliphatic carboxylic acids is 3.